The summed E-state index contributed by atoms with van der Waals surface area (Å²) < 4.78 is 6.81. The van der Waals surface area contributed by atoms with Crippen molar-refractivity contribution in [2.24, 2.45) is 10.9 Å². The molecule has 3 atom stereocenters. The highest BCUT2D eigenvalue weighted by atomic mass is 79.9. The van der Waals surface area contributed by atoms with Gasteiger partial charge in [0, 0.05) is 34.6 Å². The zero-order valence-corrected chi connectivity index (χ0v) is 21.6. The van der Waals surface area contributed by atoms with Gasteiger partial charge in [0.05, 0.1) is 29.8 Å². The lowest BCUT2D eigenvalue weighted by molar-refractivity contribution is -0.147. The minimum atomic E-state index is 0.0209. The van der Waals surface area contributed by atoms with Gasteiger partial charge in [-0.3, -0.25) is 9.79 Å². The molecule has 3 aliphatic rings. The minimum absolute atomic E-state index is 0.0209. The lowest BCUT2D eigenvalue weighted by atomic mass is 9.86. The van der Waals surface area contributed by atoms with Crippen molar-refractivity contribution in [3.8, 4) is 0 Å². The monoisotopic (exact) mass is 539 g/mol. The molecular weight excluding hydrogens is 514 g/mol. The van der Waals surface area contributed by atoms with E-state index in [0.717, 1.165) is 57.6 Å². The van der Waals surface area contributed by atoms with Gasteiger partial charge < -0.3 is 15.0 Å². The van der Waals surface area contributed by atoms with E-state index in [4.69, 9.17) is 4.74 Å². The van der Waals surface area contributed by atoms with Crippen LogP contribution in [0.1, 0.15) is 41.8 Å². The Hall–Kier alpha value is -2.36. The molecule has 0 saturated carbocycles. The number of aryl methyl sites for hydroxylation is 1. The molecule has 2 aliphatic heterocycles. The van der Waals surface area contributed by atoms with Crippen LogP contribution in [-0.2, 0) is 28.9 Å². The van der Waals surface area contributed by atoms with Crippen molar-refractivity contribution < 1.29 is 9.53 Å². The fourth-order valence-electron chi connectivity index (χ4n) is 5.39. The van der Waals surface area contributed by atoms with Crippen molar-refractivity contribution in [2.75, 3.05) is 18.4 Å². The second kappa shape index (κ2) is 8.70. The maximum Gasteiger partial charge on any atom is 0.226 e. The summed E-state index contributed by atoms with van der Waals surface area (Å²) >= 11 is 5.40. The van der Waals surface area contributed by atoms with E-state index in [-0.39, 0.29) is 24.0 Å². The molecular formula is C25H26BrN5O2S. The number of carbonyl (C=O) groups excluding carboxylic acids is 1. The number of hydrogen-bond donors (Lipinski definition) is 1. The maximum atomic E-state index is 13.3. The van der Waals surface area contributed by atoms with Crippen LogP contribution in [0, 0.1) is 5.92 Å². The van der Waals surface area contributed by atoms with Crippen LogP contribution in [0.2, 0.25) is 0 Å². The average Bonchev–Trinajstić information content (AvgIpc) is 3.41. The third-order valence-electron chi connectivity index (χ3n) is 6.90. The number of ether oxygens (including phenoxy) is 1. The number of halogens is 1. The van der Waals surface area contributed by atoms with Gasteiger partial charge in [-0.15, -0.1) is 11.3 Å². The topological polar surface area (TPSA) is 79.7 Å². The molecule has 1 N–H and O–H groups in total. The minimum Gasteiger partial charge on any atom is -0.372 e. The standard InChI is InChI=1S/C25H26BrN5O2S/c1-13-10-31(11-14(2)33-13)25(32)15-3-4-18-21(7-15)34-24-22(18)23(28-12-29-24)30-20-6-17-9-27-8-16(17)5-19(20)26/h5-6,9,12-15H,3-4,7-8,10-11H2,1-2H3,(H,28,29,30)/t13-,14-,15+/m1/s1. The first-order valence-electron chi connectivity index (χ1n) is 11.7. The summed E-state index contributed by atoms with van der Waals surface area (Å²) in [5.41, 5.74) is 4.61. The molecule has 6 rings (SSSR count). The number of amides is 1. The zero-order valence-electron chi connectivity index (χ0n) is 19.2. The summed E-state index contributed by atoms with van der Waals surface area (Å²) in [7, 11) is 0. The molecule has 1 saturated heterocycles. The third-order valence-corrected chi connectivity index (χ3v) is 8.72. The molecule has 1 fully saturated rings. The number of nitrogens with zero attached hydrogens (tertiary/aromatic N) is 4. The van der Waals surface area contributed by atoms with E-state index in [0.29, 0.717) is 13.1 Å². The molecule has 176 valence electrons. The van der Waals surface area contributed by atoms with Gasteiger partial charge in [0.15, 0.2) is 0 Å². The number of anilines is 2. The SMILES string of the molecule is C[C@@H]1CN(C(=O)[C@H]2CCc3c(sc4ncnc(Nc5cc6c(cc5Br)CN=C6)c34)C2)C[C@@H](C)O1. The number of morpholine rings is 1. The highest BCUT2D eigenvalue weighted by Gasteiger charge is 2.34. The molecule has 1 amide bonds. The summed E-state index contributed by atoms with van der Waals surface area (Å²) in [4.78, 5) is 31.1. The number of fused-ring (bicyclic) bond motifs is 4. The fraction of sp³-hybridized carbons (Fsp3) is 0.440. The summed E-state index contributed by atoms with van der Waals surface area (Å²) in [6.07, 6.45) is 6.20. The van der Waals surface area contributed by atoms with Crippen molar-refractivity contribution in [3.05, 3.63) is 44.5 Å². The van der Waals surface area contributed by atoms with Gasteiger partial charge in [-0.25, -0.2) is 9.97 Å². The smallest absolute Gasteiger partial charge is 0.226 e. The van der Waals surface area contributed by atoms with Gasteiger partial charge in [0.1, 0.15) is 17.0 Å². The van der Waals surface area contributed by atoms with Gasteiger partial charge in [-0.05, 0) is 77.9 Å². The molecule has 1 aromatic carbocycles. The van der Waals surface area contributed by atoms with Gasteiger partial charge in [-0.1, -0.05) is 0 Å². The van der Waals surface area contributed by atoms with Crippen LogP contribution >= 0.6 is 27.3 Å². The van der Waals surface area contributed by atoms with E-state index in [1.807, 2.05) is 25.0 Å². The van der Waals surface area contributed by atoms with Crippen LogP contribution in [-0.4, -0.2) is 52.3 Å². The Morgan fingerprint density at radius 3 is 2.88 bits per heavy atom. The molecule has 0 spiro atoms. The molecule has 0 bridgehead atoms. The van der Waals surface area contributed by atoms with Crippen LogP contribution in [0.3, 0.4) is 0 Å². The van der Waals surface area contributed by atoms with Crippen LogP contribution < -0.4 is 5.32 Å². The Labute approximate surface area is 210 Å². The second-order valence-corrected chi connectivity index (χ2v) is 11.4. The predicted molar refractivity (Wildman–Crippen MR) is 138 cm³/mol. The van der Waals surface area contributed by atoms with Gasteiger partial charge in [0.25, 0.3) is 0 Å². The zero-order chi connectivity index (χ0) is 23.4. The maximum absolute atomic E-state index is 13.3. The van der Waals surface area contributed by atoms with Gasteiger partial charge >= 0.3 is 0 Å². The Balaban J connectivity index is 1.28. The van der Waals surface area contributed by atoms with Crippen LogP contribution in [0.4, 0.5) is 11.5 Å². The van der Waals surface area contributed by atoms with Crippen molar-refractivity contribution >= 4 is 61.1 Å². The number of aromatic nitrogens is 2. The second-order valence-electron chi connectivity index (χ2n) is 9.47. The van der Waals surface area contributed by atoms with Gasteiger partial charge in [-0.2, -0.15) is 0 Å². The van der Waals surface area contributed by atoms with Crippen LogP contribution in [0.5, 0.6) is 0 Å². The molecule has 9 heteroatoms. The van der Waals surface area contributed by atoms with E-state index >= 15 is 0 Å². The largest absolute Gasteiger partial charge is 0.372 e. The summed E-state index contributed by atoms with van der Waals surface area (Å²) in [6, 6.07) is 4.23. The first-order valence-corrected chi connectivity index (χ1v) is 13.4. The molecule has 7 nitrogen and oxygen atoms in total. The Kier molecular flexibility index (Phi) is 5.66. The van der Waals surface area contributed by atoms with Crippen molar-refractivity contribution in [2.45, 2.75) is 51.9 Å². The number of hydrogen-bond acceptors (Lipinski definition) is 7. The normalized spacial score (nSPS) is 23.7. The van der Waals surface area contributed by atoms with Crippen molar-refractivity contribution in [3.63, 3.8) is 0 Å². The van der Waals surface area contributed by atoms with E-state index in [1.54, 1.807) is 17.7 Å². The van der Waals surface area contributed by atoms with Crippen LogP contribution in [0.25, 0.3) is 10.2 Å². The Morgan fingerprint density at radius 2 is 2.06 bits per heavy atom. The highest BCUT2D eigenvalue weighted by Crippen LogP contribution is 2.41. The quantitative estimate of drug-likeness (QED) is 0.513. The predicted octanol–water partition coefficient (Wildman–Crippen LogP) is 4.87. The first kappa shape index (κ1) is 22.1. The Bertz CT molecular complexity index is 1310. The van der Waals surface area contributed by atoms with Gasteiger partial charge in [0.2, 0.25) is 5.91 Å². The number of nitrogens with one attached hydrogen (secondary N) is 1. The number of aliphatic imine (C=N–C) groups is 1. The number of benzene rings is 1. The molecule has 0 unspecified atom stereocenters. The molecule has 1 aliphatic carbocycles. The molecule has 4 heterocycles. The summed E-state index contributed by atoms with van der Waals surface area (Å²) in [5.74, 6) is 1.10. The Morgan fingerprint density at radius 1 is 1.24 bits per heavy atom. The molecule has 3 aromatic rings. The number of carbonyl (C=O) groups is 1. The lowest BCUT2D eigenvalue weighted by Crippen LogP contribution is -2.50. The van der Waals surface area contributed by atoms with Crippen molar-refractivity contribution in [1.29, 1.82) is 0 Å². The molecule has 34 heavy (non-hydrogen) atoms. The van der Waals surface area contributed by atoms with Crippen molar-refractivity contribution in [1.82, 2.24) is 14.9 Å². The third kappa shape index (κ3) is 3.93. The van der Waals surface area contributed by atoms with E-state index in [9.17, 15) is 4.79 Å². The van der Waals surface area contributed by atoms with Crippen LogP contribution in [0.15, 0.2) is 27.9 Å². The molecule has 2 aromatic heterocycles. The summed E-state index contributed by atoms with van der Waals surface area (Å²) in [5, 5.41) is 4.62. The summed E-state index contributed by atoms with van der Waals surface area (Å²) in [6.45, 7) is 6.17. The fourth-order valence-corrected chi connectivity index (χ4v) is 7.14. The molecule has 0 radical (unpaired) electrons. The first-order chi connectivity index (χ1) is 16.5. The number of rotatable bonds is 3. The van der Waals surface area contributed by atoms with E-state index in [1.165, 1.54) is 16.0 Å². The number of thiophene rings is 1. The highest BCUT2D eigenvalue weighted by molar-refractivity contribution is 9.10. The van der Waals surface area contributed by atoms with E-state index in [2.05, 4.69) is 48.3 Å². The average molecular weight is 540 g/mol. The van der Waals surface area contributed by atoms with E-state index < -0.39 is 0 Å². The lowest BCUT2D eigenvalue weighted by Gasteiger charge is -2.37.